The first-order valence-corrected chi connectivity index (χ1v) is 11.0. The van der Waals surface area contributed by atoms with E-state index in [4.69, 9.17) is 27.9 Å². The predicted octanol–water partition coefficient (Wildman–Crippen LogP) is 5.41. The van der Waals surface area contributed by atoms with Crippen molar-refractivity contribution in [3.05, 3.63) is 58.6 Å². The van der Waals surface area contributed by atoms with Gasteiger partial charge in [0.1, 0.15) is 0 Å². The number of hydrogen-bond acceptors (Lipinski definition) is 5. The van der Waals surface area contributed by atoms with Gasteiger partial charge in [0.25, 0.3) is 0 Å². The molecular weight excluding hydrogens is 443 g/mol. The molecule has 0 aliphatic heterocycles. The summed E-state index contributed by atoms with van der Waals surface area (Å²) in [5.41, 5.74) is 1.49. The molecule has 3 aromatic rings. The molecule has 1 atom stereocenters. The number of ether oxygens (including phenoxy) is 1. The summed E-state index contributed by atoms with van der Waals surface area (Å²) >= 11 is 13.6. The fraction of sp³-hybridized carbons (Fsp3) is 0.286. The van der Waals surface area contributed by atoms with Gasteiger partial charge in [-0.25, -0.2) is 0 Å². The van der Waals surface area contributed by atoms with Gasteiger partial charge >= 0.3 is 0 Å². The van der Waals surface area contributed by atoms with Crippen LogP contribution in [0.25, 0.3) is 11.4 Å². The third-order valence-corrected chi connectivity index (χ3v) is 5.99. The molecule has 0 aliphatic rings. The predicted molar refractivity (Wildman–Crippen MR) is 122 cm³/mol. The number of benzene rings is 2. The molecule has 6 nitrogen and oxygen atoms in total. The van der Waals surface area contributed by atoms with Gasteiger partial charge in [-0.2, -0.15) is 0 Å². The first-order chi connectivity index (χ1) is 14.5. The van der Waals surface area contributed by atoms with Crippen molar-refractivity contribution in [1.29, 1.82) is 0 Å². The number of anilines is 1. The molecular formula is C21H22Cl2N4O2S. The number of halogens is 2. The second-order valence-electron chi connectivity index (χ2n) is 6.54. The maximum absolute atomic E-state index is 12.6. The summed E-state index contributed by atoms with van der Waals surface area (Å²) in [7, 11) is 1.67. The zero-order chi connectivity index (χ0) is 21.5. The highest BCUT2D eigenvalue weighted by Gasteiger charge is 2.21. The lowest BCUT2D eigenvalue weighted by Gasteiger charge is -2.14. The molecule has 0 spiro atoms. The van der Waals surface area contributed by atoms with Crippen LogP contribution >= 0.6 is 35.0 Å². The lowest BCUT2D eigenvalue weighted by molar-refractivity contribution is -0.115. The van der Waals surface area contributed by atoms with Gasteiger partial charge in [0.2, 0.25) is 5.91 Å². The molecule has 0 radical (unpaired) electrons. The number of nitrogens with zero attached hydrogens (tertiary/aromatic N) is 3. The van der Waals surface area contributed by atoms with Gasteiger partial charge < -0.3 is 14.6 Å². The highest BCUT2D eigenvalue weighted by atomic mass is 35.5. The standard InChI is InChI=1S/C21H22Cl2N4O2S/c1-14(20(28)24-16-10-8-15(22)9-11-16)30-21-26-25-19(27(21)12-5-13-29-2)17-6-3-4-7-18(17)23/h3-4,6-11,14H,5,12-13H2,1-2H3,(H,24,28)/t14-/m0/s1. The fourth-order valence-corrected chi connectivity index (χ4v) is 4.00. The summed E-state index contributed by atoms with van der Waals surface area (Å²) in [4.78, 5) is 12.6. The Bertz CT molecular complexity index is 995. The maximum Gasteiger partial charge on any atom is 0.237 e. The van der Waals surface area contributed by atoms with Crippen LogP contribution in [-0.4, -0.2) is 39.6 Å². The molecule has 0 saturated carbocycles. The third kappa shape index (κ3) is 5.76. The summed E-state index contributed by atoms with van der Waals surface area (Å²) in [6.45, 7) is 3.09. The van der Waals surface area contributed by atoms with Gasteiger partial charge in [-0.15, -0.1) is 10.2 Å². The zero-order valence-electron chi connectivity index (χ0n) is 16.6. The molecule has 0 bridgehead atoms. The van der Waals surface area contributed by atoms with Crippen molar-refractivity contribution in [2.45, 2.75) is 30.3 Å². The Balaban J connectivity index is 1.79. The van der Waals surface area contributed by atoms with Crippen LogP contribution in [0.2, 0.25) is 10.0 Å². The lowest BCUT2D eigenvalue weighted by atomic mass is 10.2. The summed E-state index contributed by atoms with van der Waals surface area (Å²) in [6.07, 6.45) is 0.783. The minimum atomic E-state index is -0.384. The number of rotatable bonds is 9. The number of nitrogens with one attached hydrogen (secondary N) is 1. The molecule has 1 amide bonds. The van der Waals surface area contributed by atoms with Crippen LogP contribution in [-0.2, 0) is 16.1 Å². The lowest BCUT2D eigenvalue weighted by Crippen LogP contribution is -2.23. The van der Waals surface area contributed by atoms with Crippen molar-refractivity contribution in [3.63, 3.8) is 0 Å². The SMILES string of the molecule is COCCCn1c(S[C@@H](C)C(=O)Nc2ccc(Cl)cc2)nnc1-c1ccccc1Cl. The van der Waals surface area contributed by atoms with E-state index in [1.54, 1.807) is 31.4 Å². The van der Waals surface area contributed by atoms with Gasteiger partial charge in [0, 0.05) is 36.5 Å². The molecule has 1 aromatic heterocycles. The Labute approximate surface area is 189 Å². The molecule has 1 heterocycles. The summed E-state index contributed by atoms with van der Waals surface area (Å²) in [6, 6.07) is 14.5. The van der Waals surface area contributed by atoms with E-state index in [0.29, 0.717) is 39.9 Å². The number of carbonyl (C=O) groups is 1. The Kier molecular flexibility index (Phi) is 8.16. The van der Waals surface area contributed by atoms with E-state index in [1.807, 2.05) is 35.8 Å². The average Bonchev–Trinajstić information content (AvgIpc) is 3.12. The molecule has 3 rings (SSSR count). The van der Waals surface area contributed by atoms with Gasteiger partial charge in [0.15, 0.2) is 11.0 Å². The first-order valence-electron chi connectivity index (χ1n) is 9.39. The van der Waals surface area contributed by atoms with Crippen molar-refractivity contribution < 1.29 is 9.53 Å². The first kappa shape index (κ1) is 22.6. The summed E-state index contributed by atoms with van der Waals surface area (Å²) in [5.74, 6) is 0.539. The molecule has 158 valence electrons. The van der Waals surface area contributed by atoms with E-state index in [0.717, 1.165) is 12.0 Å². The van der Waals surface area contributed by atoms with Crippen molar-refractivity contribution in [2.75, 3.05) is 19.0 Å². The minimum Gasteiger partial charge on any atom is -0.385 e. The van der Waals surface area contributed by atoms with Crippen molar-refractivity contribution in [2.24, 2.45) is 0 Å². The largest absolute Gasteiger partial charge is 0.385 e. The Morgan fingerprint density at radius 1 is 1.17 bits per heavy atom. The molecule has 0 unspecified atom stereocenters. The number of thioether (sulfide) groups is 1. The average molecular weight is 465 g/mol. The number of methoxy groups -OCH3 is 1. The number of hydrogen-bond donors (Lipinski definition) is 1. The number of amides is 1. The Morgan fingerprint density at radius 2 is 1.90 bits per heavy atom. The van der Waals surface area contributed by atoms with Crippen LogP contribution in [0, 0.1) is 0 Å². The van der Waals surface area contributed by atoms with E-state index in [2.05, 4.69) is 15.5 Å². The monoisotopic (exact) mass is 464 g/mol. The second kappa shape index (κ2) is 10.8. The molecule has 2 aromatic carbocycles. The van der Waals surface area contributed by atoms with Gasteiger partial charge in [-0.1, -0.05) is 47.1 Å². The van der Waals surface area contributed by atoms with E-state index < -0.39 is 0 Å². The minimum absolute atomic E-state index is 0.131. The fourth-order valence-electron chi connectivity index (χ4n) is 2.77. The molecule has 30 heavy (non-hydrogen) atoms. The van der Waals surface area contributed by atoms with Crippen molar-refractivity contribution >= 4 is 46.6 Å². The highest BCUT2D eigenvalue weighted by molar-refractivity contribution is 8.00. The molecule has 9 heteroatoms. The highest BCUT2D eigenvalue weighted by Crippen LogP contribution is 2.31. The van der Waals surface area contributed by atoms with Gasteiger partial charge in [-0.05, 0) is 49.7 Å². The maximum atomic E-state index is 12.6. The number of aromatic nitrogens is 3. The van der Waals surface area contributed by atoms with Crippen LogP contribution in [0.1, 0.15) is 13.3 Å². The van der Waals surface area contributed by atoms with E-state index in [9.17, 15) is 4.79 Å². The number of carbonyl (C=O) groups excluding carboxylic acids is 1. The van der Waals surface area contributed by atoms with Crippen LogP contribution in [0.5, 0.6) is 0 Å². The normalized spacial score (nSPS) is 12.0. The van der Waals surface area contributed by atoms with E-state index in [-0.39, 0.29) is 11.2 Å². The van der Waals surface area contributed by atoms with E-state index >= 15 is 0 Å². The second-order valence-corrected chi connectivity index (χ2v) is 8.69. The molecule has 0 fully saturated rings. The van der Waals surface area contributed by atoms with Gasteiger partial charge in [-0.3, -0.25) is 4.79 Å². The van der Waals surface area contributed by atoms with Crippen molar-refractivity contribution in [3.8, 4) is 11.4 Å². The van der Waals surface area contributed by atoms with Crippen LogP contribution in [0.3, 0.4) is 0 Å². The smallest absolute Gasteiger partial charge is 0.237 e. The third-order valence-electron chi connectivity index (χ3n) is 4.32. The molecule has 0 saturated heterocycles. The quantitative estimate of drug-likeness (QED) is 0.338. The molecule has 1 N–H and O–H groups in total. The topological polar surface area (TPSA) is 69.0 Å². The van der Waals surface area contributed by atoms with Gasteiger partial charge in [0.05, 0.1) is 10.3 Å². The summed E-state index contributed by atoms with van der Waals surface area (Å²) < 4.78 is 7.17. The zero-order valence-corrected chi connectivity index (χ0v) is 19.0. The van der Waals surface area contributed by atoms with Crippen LogP contribution in [0.4, 0.5) is 5.69 Å². The Hall–Kier alpha value is -2.06. The van der Waals surface area contributed by atoms with Crippen LogP contribution in [0.15, 0.2) is 53.7 Å². The Morgan fingerprint density at radius 3 is 2.60 bits per heavy atom. The van der Waals surface area contributed by atoms with Crippen LogP contribution < -0.4 is 5.32 Å². The summed E-state index contributed by atoms with van der Waals surface area (Å²) in [5, 5.41) is 13.1. The van der Waals surface area contributed by atoms with E-state index in [1.165, 1.54) is 11.8 Å². The van der Waals surface area contributed by atoms with Crippen molar-refractivity contribution in [1.82, 2.24) is 14.8 Å². The molecule has 0 aliphatic carbocycles.